The van der Waals surface area contributed by atoms with E-state index in [9.17, 15) is 4.39 Å². The van der Waals surface area contributed by atoms with Crippen molar-refractivity contribution in [3.8, 4) is 5.75 Å². The molecule has 7 heteroatoms. The number of rotatable bonds is 8. The molecule has 2 aromatic carbocycles. The third-order valence-corrected chi connectivity index (χ3v) is 5.20. The molecule has 164 valence electrons. The smallest absolute Gasteiger partial charge is 0.191 e. The molecule has 0 aliphatic carbocycles. The molecule has 0 aromatic heterocycles. The molecule has 30 heavy (non-hydrogen) atoms. The van der Waals surface area contributed by atoms with Crippen LogP contribution in [0.25, 0.3) is 0 Å². The van der Waals surface area contributed by atoms with Gasteiger partial charge in [0, 0.05) is 25.2 Å². The number of halogens is 2. The minimum Gasteiger partial charge on any atom is -0.492 e. The molecule has 0 radical (unpaired) electrons. The summed E-state index contributed by atoms with van der Waals surface area (Å²) in [6.07, 6.45) is 1.75. The predicted molar refractivity (Wildman–Crippen MR) is 129 cm³/mol. The maximum absolute atomic E-state index is 13.4. The summed E-state index contributed by atoms with van der Waals surface area (Å²) in [5.74, 6) is 1.40. The lowest BCUT2D eigenvalue weighted by atomic mass is 9.74. The first-order valence-electron chi connectivity index (χ1n) is 10.3. The minimum absolute atomic E-state index is 0. The van der Waals surface area contributed by atoms with E-state index >= 15 is 0 Å². The average Bonchev–Trinajstić information content (AvgIpc) is 2.77. The summed E-state index contributed by atoms with van der Waals surface area (Å²) in [5, 5.41) is 6.62. The van der Waals surface area contributed by atoms with E-state index in [0.717, 1.165) is 36.7 Å². The van der Waals surface area contributed by atoms with Gasteiger partial charge in [-0.2, -0.15) is 0 Å². The Balaban J connectivity index is 0.00000320. The average molecular weight is 527 g/mol. The molecule has 1 fully saturated rings. The molecule has 0 bridgehead atoms. The molecular weight excluding hydrogens is 496 g/mol. The van der Waals surface area contributed by atoms with Crippen LogP contribution in [0.1, 0.15) is 25.3 Å². The highest BCUT2D eigenvalue weighted by Crippen LogP contribution is 2.35. The van der Waals surface area contributed by atoms with Gasteiger partial charge in [0.15, 0.2) is 5.96 Å². The molecule has 0 saturated carbocycles. The van der Waals surface area contributed by atoms with Crippen molar-refractivity contribution in [1.82, 2.24) is 10.6 Å². The molecular formula is C23H31FIN3O2. The van der Waals surface area contributed by atoms with E-state index in [2.05, 4.69) is 10.6 Å². The van der Waals surface area contributed by atoms with Gasteiger partial charge in [-0.15, -0.1) is 24.0 Å². The normalized spacial score (nSPS) is 15.7. The molecule has 5 nitrogen and oxygen atoms in total. The van der Waals surface area contributed by atoms with Crippen LogP contribution in [0.3, 0.4) is 0 Å². The second-order valence-corrected chi connectivity index (χ2v) is 7.18. The Morgan fingerprint density at radius 2 is 1.77 bits per heavy atom. The van der Waals surface area contributed by atoms with Crippen molar-refractivity contribution in [3.63, 3.8) is 0 Å². The second kappa shape index (κ2) is 12.7. The van der Waals surface area contributed by atoms with Gasteiger partial charge in [-0.3, -0.25) is 4.99 Å². The largest absolute Gasteiger partial charge is 0.492 e. The third-order valence-electron chi connectivity index (χ3n) is 5.20. The first-order valence-corrected chi connectivity index (χ1v) is 10.3. The number of benzene rings is 2. The Morgan fingerprint density at radius 3 is 2.43 bits per heavy atom. The molecule has 0 spiro atoms. The number of hydrogen-bond acceptors (Lipinski definition) is 3. The topological polar surface area (TPSA) is 54.9 Å². The van der Waals surface area contributed by atoms with Crippen LogP contribution in [-0.4, -0.2) is 45.4 Å². The van der Waals surface area contributed by atoms with E-state index in [0.29, 0.717) is 32.9 Å². The van der Waals surface area contributed by atoms with Crippen LogP contribution in [0.5, 0.6) is 5.75 Å². The summed E-state index contributed by atoms with van der Waals surface area (Å²) in [7, 11) is 0. The van der Waals surface area contributed by atoms with E-state index in [1.165, 1.54) is 12.1 Å². The minimum atomic E-state index is -0.215. The van der Waals surface area contributed by atoms with Crippen LogP contribution >= 0.6 is 24.0 Å². The highest BCUT2D eigenvalue weighted by molar-refractivity contribution is 14.0. The Hall–Kier alpha value is -1.87. The zero-order chi connectivity index (χ0) is 20.4. The van der Waals surface area contributed by atoms with Crippen molar-refractivity contribution in [3.05, 3.63) is 66.0 Å². The molecule has 0 unspecified atom stereocenters. The number of para-hydroxylation sites is 1. The maximum atomic E-state index is 13.4. The van der Waals surface area contributed by atoms with Crippen molar-refractivity contribution in [2.24, 2.45) is 4.99 Å². The summed E-state index contributed by atoms with van der Waals surface area (Å²) < 4.78 is 24.7. The van der Waals surface area contributed by atoms with E-state index in [-0.39, 0.29) is 35.2 Å². The third kappa shape index (κ3) is 7.12. The van der Waals surface area contributed by atoms with Crippen LogP contribution in [0.15, 0.2) is 59.6 Å². The number of hydrogen-bond donors (Lipinski definition) is 2. The van der Waals surface area contributed by atoms with Crippen molar-refractivity contribution in [1.29, 1.82) is 0 Å². The number of aliphatic imine (C=N–C) groups is 1. The lowest BCUT2D eigenvalue weighted by Gasteiger charge is -2.36. The maximum Gasteiger partial charge on any atom is 0.191 e. The van der Waals surface area contributed by atoms with Gasteiger partial charge in [-0.1, -0.05) is 30.3 Å². The van der Waals surface area contributed by atoms with E-state index in [4.69, 9.17) is 14.5 Å². The Kier molecular flexibility index (Phi) is 10.4. The van der Waals surface area contributed by atoms with Crippen molar-refractivity contribution in [2.75, 3.05) is 39.5 Å². The molecule has 1 aliphatic rings. The second-order valence-electron chi connectivity index (χ2n) is 7.18. The van der Waals surface area contributed by atoms with Gasteiger partial charge in [-0.05, 0) is 49.6 Å². The van der Waals surface area contributed by atoms with Crippen LogP contribution in [0.4, 0.5) is 4.39 Å². The molecule has 2 aromatic rings. The fourth-order valence-corrected chi connectivity index (χ4v) is 3.53. The van der Waals surface area contributed by atoms with Crippen LogP contribution in [0, 0.1) is 5.82 Å². The lowest BCUT2D eigenvalue weighted by molar-refractivity contribution is 0.0531. The first kappa shape index (κ1) is 24.4. The number of guanidine groups is 1. The Bertz CT molecular complexity index is 766. The van der Waals surface area contributed by atoms with Crippen molar-refractivity contribution in [2.45, 2.75) is 25.2 Å². The van der Waals surface area contributed by atoms with Crippen molar-refractivity contribution >= 4 is 29.9 Å². The number of nitrogens with zero attached hydrogens (tertiary/aromatic N) is 1. The van der Waals surface area contributed by atoms with Crippen LogP contribution in [-0.2, 0) is 10.2 Å². The van der Waals surface area contributed by atoms with Gasteiger partial charge in [0.1, 0.15) is 18.2 Å². The summed E-state index contributed by atoms with van der Waals surface area (Å²) >= 11 is 0. The zero-order valence-corrected chi connectivity index (χ0v) is 19.7. The highest BCUT2D eigenvalue weighted by atomic mass is 127. The summed E-state index contributed by atoms with van der Waals surface area (Å²) in [6.45, 7) is 6.03. The van der Waals surface area contributed by atoms with Crippen LogP contribution in [0.2, 0.25) is 0 Å². The van der Waals surface area contributed by atoms with E-state index < -0.39 is 0 Å². The summed E-state index contributed by atoms with van der Waals surface area (Å²) in [4.78, 5) is 4.84. The van der Waals surface area contributed by atoms with Gasteiger partial charge in [-0.25, -0.2) is 4.39 Å². The number of ether oxygens (including phenoxy) is 2. The molecule has 1 heterocycles. The first-order chi connectivity index (χ1) is 14.2. The lowest BCUT2D eigenvalue weighted by Crippen LogP contribution is -2.42. The SMILES string of the molecule is CCNC(=NCC1(c2ccc(F)cc2)CCOCC1)NCCOc1ccccc1.I. The van der Waals surface area contributed by atoms with Gasteiger partial charge >= 0.3 is 0 Å². The Morgan fingerprint density at radius 1 is 1.07 bits per heavy atom. The fourth-order valence-electron chi connectivity index (χ4n) is 3.53. The molecule has 1 saturated heterocycles. The highest BCUT2D eigenvalue weighted by Gasteiger charge is 2.34. The predicted octanol–water partition coefficient (Wildman–Crippen LogP) is 4.13. The molecule has 0 atom stereocenters. The van der Waals surface area contributed by atoms with Gasteiger partial charge in [0.05, 0.1) is 13.1 Å². The van der Waals surface area contributed by atoms with Crippen LogP contribution < -0.4 is 15.4 Å². The standard InChI is InChI=1S/C23H30FN3O2.HI/c1-2-25-22(26-14-17-29-21-6-4-3-5-7-21)27-18-23(12-15-28-16-13-23)19-8-10-20(24)11-9-19;/h3-11H,2,12-18H2,1H3,(H2,25,26,27);1H. The number of nitrogens with one attached hydrogen (secondary N) is 2. The van der Waals surface area contributed by atoms with E-state index in [1.807, 2.05) is 49.4 Å². The monoisotopic (exact) mass is 527 g/mol. The quantitative estimate of drug-likeness (QED) is 0.235. The van der Waals surface area contributed by atoms with E-state index in [1.54, 1.807) is 0 Å². The van der Waals surface area contributed by atoms with Gasteiger partial charge in [0.25, 0.3) is 0 Å². The molecule has 2 N–H and O–H groups in total. The van der Waals surface area contributed by atoms with Crippen molar-refractivity contribution < 1.29 is 13.9 Å². The molecule has 0 amide bonds. The Labute approximate surface area is 195 Å². The molecule has 1 aliphatic heterocycles. The zero-order valence-electron chi connectivity index (χ0n) is 17.4. The van der Waals surface area contributed by atoms with Gasteiger partial charge in [0.2, 0.25) is 0 Å². The van der Waals surface area contributed by atoms with Gasteiger partial charge < -0.3 is 20.1 Å². The summed E-state index contributed by atoms with van der Waals surface area (Å²) in [6, 6.07) is 16.6. The fraction of sp³-hybridized carbons (Fsp3) is 0.435. The summed E-state index contributed by atoms with van der Waals surface area (Å²) in [5.41, 5.74) is 0.990. The molecule has 3 rings (SSSR count).